The summed E-state index contributed by atoms with van der Waals surface area (Å²) < 4.78 is 0. The van der Waals surface area contributed by atoms with Crippen LogP contribution in [0.3, 0.4) is 0 Å². The van der Waals surface area contributed by atoms with E-state index in [0.29, 0.717) is 0 Å². The summed E-state index contributed by atoms with van der Waals surface area (Å²) in [4.78, 5) is 9.12. The molecule has 1 saturated carbocycles. The van der Waals surface area contributed by atoms with E-state index in [4.69, 9.17) is 4.99 Å². The van der Waals surface area contributed by atoms with Crippen molar-refractivity contribution in [3.8, 4) is 0 Å². The van der Waals surface area contributed by atoms with Crippen LogP contribution in [0.5, 0.6) is 0 Å². The fraction of sp³-hybridized carbons (Fsp3) is 0.667. The Morgan fingerprint density at radius 3 is 2.65 bits per heavy atom. The van der Waals surface area contributed by atoms with E-state index in [2.05, 4.69) is 35.5 Å². The quantitative estimate of drug-likeness (QED) is 0.412. The van der Waals surface area contributed by atoms with Gasteiger partial charge in [-0.1, -0.05) is 25.8 Å². The first-order valence-corrected chi connectivity index (χ1v) is 8.70. The van der Waals surface area contributed by atoms with E-state index in [1.54, 1.807) is 0 Å². The van der Waals surface area contributed by atoms with Crippen LogP contribution < -0.4 is 10.6 Å². The molecule has 1 aliphatic rings. The maximum atomic E-state index is 4.77. The number of hydrogen-bond donors (Lipinski definition) is 2. The van der Waals surface area contributed by atoms with Gasteiger partial charge in [0.2, 0.25) is 0 Å². The first kappa shape index (κ1) is 20.2. The zero-order valence-corrected chi connectivity index (χ0v) is 16.8. The number of aliphatic imine (C=N–C) groups is 1. The molecule has 0 bridgehead atoms. The van der Waals surface area contributed by atoms with Crippen LogP contribution in [0.25, 0.3) is 0 Å². The molecule has 1 aromatic heterocycles. The standard InChI is InChI=1S/C18H30N4.HI/c1-3-19-18(21-13-11-17-6-4-5-12-20-17)22-14-16-9-7-15(2)8-10-16;/h4-6,12,15-16H,3,7-11,13-14H2,1-2H3,(H2,19,21,22);1H. The summed E-state index contributed by atoms with van der Waals surface area (Å²) >= 11 is 0. The number of nitrogens with zero attached hydrogens (tertiary/aromatic N) is 2. The van der Waals surface area contributed by atoms with Crippen LogP contribution in [0.15, 0.2) is 29.4 Å². The van der Waals surface area contributed by atoms with E-state index in [0.717, 1.165) is 49.5 Å². The lowest BCUT2D eigenvalue weighted by Crippen LogP contribution is -2.38. The van der Waals surface area contributed by atoms with Gasteiger partial charge in [-0.25, -0.2) is 0 Å². The fourth-order valence-corrected chi connectivity index (χ4v) is 2.93. The second kappa shape index (κ2) is 11.6. The summed E-state index contributed by atoms with van der Waals surface area (Å²) in [6, 6.07) is 6.05. The second-order valence-electron chi connectivity index (χ2n) is 6.34. The number of hydrogen-bond acceptors (Lipinski definition) is 2. The molecular formula is C18H31IN4. The molecule has 2 rings (SSSR count). The minimum absolute atomic E-state index is 0. The molecule has 1 fully saturated rings. The van der Waals surface area contributed by atoms with Crippen LogP contribution in [-0.2, 0) is 6.42 Å². The molecule has 4 nitrogen and oxygen atoms in total. The van der Waals surface area contributed by atoms with Crippen molar-refractivity contribution in [1.29, 1.82) is 0 Å². The van der Waals surface area contributed by atoms with Gasteiger partial charge in [-0.15, -0.1) is 24.0 Å². The lowest BCUT2D eigenvalue weighted by atomic mass is 9.83. The molecule has 1 aromatic rings. The Morgan fingerprint density at radius 2 is 2.00 bits per heavy atom. The summed E-state index contributed by atoms with van der Waals surface area (Å²) in [5.74, 6) is 2.62. The van der Waals surface area contributed by atoms with Crippen molar-refractivity contribution in [2.75, 3.05) is 19.6 Å². The Balaban J connectivity index is 0.00000264. The van der Waals surface area contributed by atoms with Crippen LogP contribution in [0.4, 0.5) is 0 Å². The summed E-state index contributed by atoms with van der Waals surface area (Å²) in [5.41, 5.74) is 1.12. The zero-order valence-electron chi connectivity index (χ0n) is 14.4. The maximum absolute atomic E-state index is 4.77. The zero-order chi connectivity index (χ0) is 15.6. The van der Waals surface area contributed by atoms with Crippen molar-refractivity contribution < 1.29 is 0 Å². The molecule has 0 radical (unpaired) electrons. The Kier molecular flexibility index (Phi) is 10.2. The molecule has 23 heavy (non-hydrogen) atoms. The molecule has 2 N–H and O–H groups in total. The minimum Gasteiger partial charge on any atom is -0.357 e. The van der Waals surface area contributed by atoms with Crippen molar-refractivity contribution in [1.82, 2.24) is 15.6 Å². The third kappa shape index (κ3) is 7.99. The number of aromatic nitrogens is 1. The van der Waals surface area contributed by atoms with Gasteiger partial charge in [-0.3, -0.25) is 9.98 Å². The molecule has 0 aliphatic heterocycles. The highest BCUT2D eigenvalue weighted by Gasteiger charge is 2.17. The Hall–Kier alpha value is -0.850. The minimum atomic E-state index is 0. The van der Waals surface area contributed by atoms with E-state index < -0.39 is 0 Å². The van der Waals surface area contributed by atoms with Gasteiger partial charge >= 0.3 is 0 Å². The van der Waals surface area contributed by atoms with Crippen molar-refractivity contribution in [3.63, 3.8) is 0 Å². The molecule has 0 unspecified atom stereocenters. The summed E-state index contributed by atoms with van der Waals surface area (Å²) in [6.45, 7) is 7.19. The Labute approximate surface area is 158 Å². The van der Waals surface area contributed by atoms with E-state index in [1.807, 2.05) is 18.3 Å². The highest BCUT2D eigenvalue weighted by molar-refractivity contribution is 14.0. The van der Waals surface area contributed by atoms with Crippen LogP contribution >= 0.6 is 24.0 Å². The van der Waals surface area contributed by atoms with Crippen LogP contribution in [0, 0.1) is 11.8 Å². The van der Waals surface area contributed by atoms with Gasteiger partial charge in [-0.2, -0.15) is 0 Å². The number of halogens is 1. The summed E-state index contributed by atoms with van der Waals surface area (Å²) in [5, 5.41) is 6.75. The predicted octanol–water partition coefficient (Wildman–Crippen LogP) is 3.62. The topological polar surface area (TPSA) is 49.3 Å². The second-order valence-corrected chi connectivity index (χ2v) is 6.34. The third-order valence-corrected chi connectivity index (χ3v) is 4.39. The number of pyridine rings is 1. The van der Waals surface area contributed by atoms with Crippen molar-refractivity contribution in [3.05, 3.63) is 30.1 Å². The highest BCUT2D eigenvalue weighted by atomic mass is 127. The average molecular weight is 430 g/mol. The van der Waals surface area contributed by atoms with Gasteiger partial charge in [0.25, 0.3) is 0 Å². The monoisotopic (exact) mass is 430 g/mol. The van der Waals surface area contributed by atoms with E-state index in [-0.39, 0.29) is 24.0 Å². The lowest BCUT2D eigenvalue weighted by molar-refractivity contribution is 0.296. The van der Waals surface area contributed by atoms with E-state index >= 15 is 0 Å². The first-order valence-electron chi connectivity index (χ1n) is 8.70. The average Bonchev–Trinajstić information content (AvgIpc) is 2.55. The Bertz CT molecular complexity index is 442. The molecule has 1 aliphatic carbocycles. The van der Waals surface area contributed by atoms with Crippen molar-refractivity contribution >= 4 is 29.9 Å². The van der Waals surface area contributed by atoms with Crippen molar-refractivity contribution in [2.45, 2.75) is 46.0 Å². The summed E-state index contributed by atoms with van der Waals surface area (Å²) in [7, 11) is 0. The van der Waals surface area contributed by atoms with Crippen molar-refractivity contribution in [2.24, 2.45) is 16.8 Å². The maximum Gasteiger partial charge on any atom is 0.191 e. The predicted molar refractivity (Wildman–Crippen MR) is 108 cm³/mol. The normalized spacial score (nSPS) is 21.4. The molecule has 130 valence electrons. The first-order chi connectivity index (χ1) is 10.8. The molecule has 0 atom stereocenters. The number of guanidine groups is 1. The molecule has 5 heteroatoms. The van der Waals surface area contributed by atoms with Gasteiger partial charge in [-0.05, 0) is 43.7 Å². The summed E-state index contributed by atoms with van der Waals surface area (Å²) in [6.07, 6.45) is 8.16. The molecule has 0 aromatic carbocycles. The smallest absolute Gasteiger partial charge is 0.191 e. The molecule has 0 spiro atoms. The molecular weight excluding hydrogens is 399 g/mol. The van der Waals surface area contributed by atoms with Crippen LogP contribution in [0.1, 0.15) is 45.2 Å². The van der Waals surface area contributed by atoms with E-state index in [1.165, 1.54) is 25.7 Å². The Morgan fingerprint density at radius 1 is 1.22 bits per heavy atom. The molecule has 0 amide bonds. The van der Waals surface area contributed by atoms with Crippen LogP contribution in [0.2, 0.25) is 0 Å². The SMILES string of the molecule is CCNC(=NCC1CCC(C)CC1)NCCc1ccccn1.I. The molecule has 1 heterocycles. The van der Waals surface area contributed by atoms with Crippen LogP contribution in [-0.4, -0.2) is 30.6 Å². The number of nitrogens with one attached hydrogen (secondary N) is 2. The lowest BCUT2D eigenvalue weighted by Gasteiger charge is -2.25. The fourth-order valence-electron chi connectivity index (χ4n) is 2.93. The van der Waals surface area contributed by atoms with Gasteiger partial charge < -0.3 is 10.6 Å². The largest absolute Gasteiger partial charge is 0.357 e. The van der Waals surface area contributed by atoms with Gasteiger partial charge in [0.05, 0.1) is 0 Å². The highest BCUT2D eigenvalue weighted by Crippen LogP contribution is 2.28. The molecule has 0 saturated heterocycles. The van der Waals surface area contributed by atoms with Gasteiger partial charge in [0.15, 0.2) is 5.96 Å². The van der Waals surface area contributed by atoms with Gasteiger partial charge in [0.1, 0.15) is 0 Å². The van der Waals surface area contributed by atoms with Gasteiger partial charge in [0, 0.05) is 37.9 Å². The third-order valence-electron chi connectivity index (χ3n) is 4.39. The van der Waals surface area contributed by atoms with E-state index in [9.17, 15) is 0 Å². The number of rotatable bonds is 6.